The molecule has 0 aromatic carbocycles. The van der Waals surface area contributed by atoms with Crippen LogP contribution in [0.5, 0.6) is 0 Å². The van der Waals surface area contributed by atoms with Gasteiger partial charge in [-0.3, -0.25) is 0 Å². The van der Waals surface area contributed by atoms with Crippen LogP contribution in [-0.4, -0.2) is 32.4 Å². The topological polar surface area (TPSA) is 75.4 Å². The van der Waals surface area contributed by atoms with E-state index >= 15 is 0 Å². The molecular weight excluding hydrogens is 350 g/mol. The van der Waals surface area contributed by atoms with Gasteiger partial charge in [0.05, 0.1) is 3.79 Å². The lowest BCUT2D eigenvalue weighted by atomic mass is 10.0. The second-order valence-electron chi connectivity index (χ2n) is 4.63. The first-order valence-corrected chi connectivity index (χ1v) is 9.25. The number of hydrogen-bond acceptors (Lipinski definition) is 4. The Morgan fingerprint density at radius 2 is 2.32 bits per heavy atom. The van der Waals surface area contributed by atoms with Crippen LogP contribution in [0.4, 0.5) is 0 Å². The van der Waals surface area contributed by atoms with Crippen molar-refractivity contribution in [2.24, 2.45) is 11.7 Å². The summed E-state index contributed by atoms with van der Waals surface area (Å²) in [6.45, 7) is 1.99. The van der Waals surface area contributed by atoms with E-state index in [-0.39, 0.29) is 5.92 Å². The van der Waals surface area contributed by atoms with Gasteiger partial charge in [0.15, 0.2) is 0 Å². The smallest absolute Gasteiger partial charge is 0.279 e. The van der Waals surface area contributed by atoms with E-state index in [0.717, 1.165) is 21.5 Å². The first-order valence-electron chi connectivity index (χ1n) is 6.20. The van der Waals surface area contributed by atoms with Crippen molar-refractivity contribution >= 4 is 37.5 Å². The van der Waals surface area contributed by atoms with Crippen LogP contribution in [0.2, 0.25) is 0 Å². The number of nitrogens with zero attached hydrogens (tertiary/aromatic N) is 1. The Bertz CT molecular complexity index is 518. The van der Waals surface area contributed by atoms with Crippen LogP contribution >= 0.6 is 27.3 Å². The van der Waals surface area contributed by atoms with E-state index in [2.05, 4.69) is 20.7 Å². The molecule has 3 N–H and O–H groups in total. The highest BCUT2D eigenvalue weighted by molar-refractivity contribution is 9.11. The van der Waals surface area contributed by atoms with Crippen LogP contribution in [0.1, 0.15) is 17.7 Å². The zero-order valence-corrected chi connectivity index (χ0v) is 13.7. The van der Waals surface area contributed by atoms with E-state index < -0.39 is 10.2 Å². The fourth-order valence-electron chi connectivity index (χ4n) is 2.14. The molecule has 19 heavy (non-hydrogen) atoms. The monoisotopic (exact) mass is 367 g/mol. The molecule has 1 fully saturated rings. The lowest BCUT2D eigenvalue weighted by Gasteiger charge is -2.31. The van der Waals surface area contributed by atoms with Gasteiger partial charge in [0, 0.05) is 24.5 Å². The van der Waals surface area contributed by atoms with Crippen LogP contribution in [0.3, 0.4) is 0 Å². The van der Waals surface area contributed by atoms with Crippen molar-refractivity contribution in [3.63, 3.8) is 0 Å². The molecule has 1 aliphatic rings. The Hall–Kier alpha value is 0.01000. The molecule has 1 aliphatic heterocycles. The van der Waals surface area contributed by atoms with Gasteiger partial charge in [-0.05, 0) is 53.4 Å². The molecule has 1 aromatic rings. The highest BCUT2D eigenvalue weighted by atomic mass is 79.9. The van der Waals surface area contributed by atoms with E-state index in [4.69, 9.17) is 5.73 Å². The molecule has 1 unspecified atom stereocenters. The molecule has 1 saturated heterocycles. The normalized spacial score (nSPS) is 21.7. The first kappa shape index (κ1) is 15.4. The fraction of sp³-hybridized carbons (Fsp3) is 0.636. The minimum Gasteiger partial charge on any atom is -0.330 e. The second-order valence-corrected chi connectivity index (χ2v) is 8.94. The van der Waals surface area contributed by atoms with Crippen molar-refractivity contribution in [2.45, 2.75) is 19.4 Å². The average molecular weight is 368 g/mol. The Labute approximate surface area is 126 Å². The molecule has 0 aliphatic carbocycles. The summed E-state index contributed by atoms with van der Waals surface area (Å²) in [6, 6.07) is 3.83. The van der Waals surface area contributed by atoms with Crippen molar-refractivity contribution in [1.29, 1.82) is 0 Å². The minimum atomic E-state index is -3.40. The van der Waals surface area contributed by atoms with Crippen LogP contribution in [0.25, 0.3) is 0 Å². The molecule has 1 atom stereocenters. The van der Waals surface area contributed by atoms with Crippen LogP contribution < -0.4 is 10.5 Å². The molecule has 0 saturated carbocycles. The number of nitrogens with two attached hydrogens (primary N) is 1. The molecule has 0 radical (unpaired) electrons. The molecule has 0 spiro atoms. The summed E-state index contributed by atoms with van der Waals surface area (Å²) in [5, 5.41) is 0. The van der Waals surface area contributed by atoms with Crippen molar-refractivity contribution in [1.82, 2.24) is 9.03 Å². The van der Waals surface area contributed by atoms with Gasteiger partial charge in [0.2, 0.25) is 0 Å². The van der Waals surface area contributed by atoms with Crippen molar-refractivity contribution < 1.29 is 8.42 Å². The molecule has 5 nitrogen and oxygen atoms in total. The lowest BCUT2D eigenvalue weighted by molar-refractivity contribution is 0.268. The number of piperidine rings is 1. The van der Waals surface area contributed by atoms with Crippen LogP contribution in [0.15, 0.2) is 15.9 Å². The predicted octanol–water partition coefficient (Wildman–Crippen LogP) is 1.52. The molecule has 0 amide bonds. The summed E-state index contributed by atoms with van der Waals surface area (Å²) >= 11 is 4.89. The molecular formula is C11H18BrN3O2S2. The maximum atomic E-state index is 12.2. The standard InChI is InChI=1S/C11H18BrN3O2S2/c12-11-4-3-10(18-11)7-14-19(16,17)15-5-1-2-9(6-13)8-15/h3-4,9,14H,1-2,5-8,13H2. The Morgan fingerprint density at radius 3 is 2.95 bits per heavy atom. The van der Waals surface area contributed by atoms with Gasteiger partial charge in [0.1, 0.15) is 0 Å². The SMILES string of the molecule is NCC1CCCN(S(=O)(=O)NCc2ccc(Br)s2)C1. The van der Waals surface area contributed by atoms with Gasteiger partial charge in [0.25, 0.3) is 10.2 Å². The van der Waals surface area contributed by atoms with Gasteiger partial charge < -0.3 is 5.73 Å². The summed E-state index contributed by atoms with van der Waals surface area (Å²) < 4.78 is 29.6. The largest absolute Gasteiger partial charge is 0.330 e. The third-order valence-corrected chi connectivity index (χ3v) is 6.36. The third-order valence-electron chi connectivity index (χ3n) is 3.21. The quantitative estimate of drug-likeness (QED) is 0.828. The van der Waals surface area contributed by atoms with E-state index in [1.165, 1.54) is 15.6 Å². The van der Waals surface area contributed by atoms with Crippen molar-refractivity contribution in [3.05, 3.63) is 20.8 Å². The molecule has 2 heterocycles. The van der Waals surface area contributed by atoms with Crippen LogP contribution in [-0.2, 0) is 16.8 Å². The van der Waals surface area contributed by atoms with Crippen molar-refractivity contribution in [2.75, 3.05) is 19.6 Å². The van der Waals surface area contributed by atoms with Gasteiger partial charge in [-0.15, -0.1) is 11.3 Å². The zero-order chi connectivity index (χ0) is 13.9. The minimum absolute atomic E-state index is 0.279. The molecule has 108 valence electrons. The number of nitrogens with one attached hydrogen (secondary N) is 1. The van der Waals surface area contributed by atoms with Gasteiger partial charge >= 0.3 is 0 Å². The Balaban J connectivity index is 1.94. The number of halogens is 1. The summed E-state index contributed by atoms with van der Waals surface area (Å²) in [5.74, 6) is 0.279. The maximum Gasteiger partial charge on any atom is 0.279 e. The highest BCUT2D eigenvalue weighted by Crippen LogP contribution is 2.22. The number of rotatable bonds is 5. The fourth-order valence-corrected chi connectivity index (χ4v) is 4.95. The van der Waals surface area contributed by atoms with Gasteiger partial charge in [-0.1, -0.05) is 0 Å². The third kappa shape index (κ3) is 4.24. The summed E-state index contributed by atoms with van der Waals surface area (Å²) in [6.07, 6.45) is 1.90. The average Bonchev–Trinajstić information content (AvgIpc) is 2.82. The summed E-state index contributed by atoms with van der Waals surface area (Å²) in [7, 11) is -3.40. The van der Waals surface area contributed by atoms with E-state index in [1.807, 2.05) is 12.1 Å². The Morgan fingerprint density at radius 1 is 1.53 bits per heavy atom. The molecule has 0 bridgehead atoms. The molecule has 8 heteroatoms. The number of thiophene rings is 1. The maximum absolute atomic E-state index is 12.2. The van der Waals surface area contributed by atoms with E-state index in [0.29, 0.717) is 26.2 Å². The van der Waals surface area contributed by atoms with E-state index in [1.54, 1.807) is 0 Å². The summed E-state index contributed by atoms with van der Waals surface area (Å²) in [4.78, 5) is 0.989. The highest BCUT2D eigenvalue weighted by Gasteiger charge is 2.27. The molecule has 2 rings (SSSR count). The van der Waals surface area contributed by atoms with Gasteiger partial charge in [-0.2, -0.15) is 17.4 Å². The Kier molecular flexibility index (Phi) is 5.38. The van der Waals surface area contributed by atoms with E-state index in [9.17, 15) is 8.42 Å². The first-order chi connectivity index (χ1) is 9.01. The van der Waals surface area contributed by atoms with Crippen LogP contribution in [0, 0.1) is 5.92 Å². The second kappa shape index (κ2) is 6.64. The molecule has 1 aromatic heterocycles. The predicted molar refractivity (Wildman–Crippen MR) is 81.1 cm³/mol. The lowest BCUT2D eigenvalue weighted by Crippen LogP contribution is -2.46. The summed E-state index contributed by atoms with van der Waals surface area (Å²) in [5.41, 5.74) is 5.63. The number of hydrogen-bond donors (Lipinski definition) is 2. The van der Waals surface area contributed by atoms with Gasteiger partial charge in [-0.25, -0.2) is 0 Å². The van der Waals surface area contributed by atoms with Crippen molar-refractivity contribution in [3.8, 4) is 0 Å². The zero-order valence-electron chi connectivity index (χ0n) is 10.5.